The van der Waals surface area contributed by atoms with E-state index in [-0.39, 0.29) is 42.6 Å². The van der Waals surface area contributed by atoms with Gasteiger partial charge in [-0.25, -0.2) is 9.37 Å². The number of halogens is 3. The molecule has 1 aliphatic heterocycles. The largest absolute Gasteiger partial charge is 0.392 e. The van der Waals surface area contributed by atoms with Gasteiger partial charge in [0.25, 0.3) is 0 Å². The number of aromatic nitrogens is 2. The monoisotopic (exact) mass is 378 g/mol. The fourth-order valence-corrected chi connectivity index (χ4v) is 2.78. The highest BCUT2D eigenvalue weighted by atomic mass is 35.5. The van der Waals surface area contributed by atoms with Crippen LogP contribution in [0, 0.1) is 5.82 Å². The highest BCUT2D eigenvalue weighted by molar-refractivity contribution is 5.85. The second-order valence-corrected chi connectivity index (χ2v) is 5.61. The number of aliphatic hydroxyl groups excluding tert-OH is 1. The molecule has 0 bridgehead atoms. The Hall–Kier alpha value is -1.41. The van der Waals surface area contributed by atoms with Crippen LogP contribution in [0.5, 0.6) is 0 Å². The molecule has 1 aliphatic rings. The van der Waals surface area contributed by atoms with Gasteiger partial charge in [-0.05, 0) is 18.6 Å². The van der Waals surface area contributed by atoms with E-state index in [4.69, 9.17) is 0 Å². The molecule has 1 amide bonds. The van der Waals surface area contributed by atoms with Crippen LogP contribution in [-0.4, -0.2) is 45.8 Å². The molecule has 2 unspecified atom stereocenters. The van der Waals surface area contributed by atoms with Gasteiger partial charge in [-0.15, -0.1) is 24.8 Å². The molecule has 3 rings (SSSR count). The molecule has 0 saturated carbocycles. The lowest BCUT2D eigenvalue weighted by Crippen LogP contribution is -2.41. The lowest BCUT2D eigenvalue weighted by Gasteiger charge is -2.10. The number of benzene rings is 1. The van der Waals surface area contributed by atoms with E-state index in [1.54, 1.807) is 6.07 Å². The summed E-state index contributed by atoms with van der Waals surface area (Å²) in [7, 11) is 1.87. The van der Waals surface area contributed by atoms with Gasteiger partial charge in [0, 0.05) is 32.6 Å². The zero-order valence-corrected chi connectivity index (χ0v) is 14.8. The molecule has 1 aromatic carbocycles. The maximum Gasteiger partial charge on any atom is 0.237 e. The first-order valence-corrected chi connectivity index (χ1v) is 7.34. The minimum Gasteiger partial charge on any atom is -0.392 e. The molecule has 6 nitrogen and oxygen atoms in total. The number of hydrogen-bond donors (Lipinski definition) is 3. The van der Waals surface area contributed by atoms with Crippen molar-refractivity contribution >= 4 is 41.8 Å². The van der Waals surface area contributed by atoms with Crippen molar-refractivity contribution in [1.82, 2.24) is 20.2 Å². The third kappa shape index (κ3) is 4.36. The number of β-amino-alcohol motifs (C(OH)–C–C–N with tert-alkyl or cyclic N) is 1. The Kier molecular flexibility index (Phi) is 7.41. The predicted molar refractivity (Wildman–Crippen MR) is 94.3 cm³/mol. The number of nitrogens with zero attached hydrogens (tertiary/aromatic N) is 2. The maximum atomic E-state index is 13.2. The molecule has 9 heteroatoms. The molecule has 0 radical (unpaired) electrons. The van der Waals surface area contributed by atoms with Crippen molar-refractivity contribution in [3.8, 4) is 0 Å². The van der Waals surface area contributed by atoms with Gasteiger partial charge in [0.2, 0.25) is 5.91 Å². The summed E-state index contributed by atoms with van der Waals surface area (Å²) in [6, 6.07) is 4.18. The fraction of sp³-hybridized carbons (Fsp3) is 0.467. The van der Waals surface area contributed by atoms with Crippen molar-refractivity contribution < 1.29 is 14.3 Å². The Morgan fingerprint density at radius 2 is 2.25 bits per heavy atom. The number of carbonyl (C=O) groups excluding carboxylic acids is 1. The van der Waals surface area contributed by atoms with Crippen molar-refractivity contribution in [2.24, 2.45) is 7.05 Å². The van der Waals surface area contributed by atoms with E-state index in [0.29, 0.717) is 31.4 Å². The Bertz CT molecular complexity index is 710. The number of rotatable bonds is 4. The zero-order chi connectivity index (χ0) is 15.7. The Labute approximate surface area is 151 Å². The number of amides is 1. The lowest BCUT2D eigenvalue weighted by atomic mass is 10.2. The van der Waals surface area contributed by atoms with E-state index in [9.17, 15) is 14.3 Å². The van der Waals surface area contributed by atoms with Gasteiger partial charge < -0.3 is 20.3 Å². The van der Waals surface area contributed by atoms with Gasteiger partial charge in [-0.2, -0.15) is 0 Å². The topological polar surface area (TPSA) is 79.2 Å². The number of imidazole rings is 1. The molecule has 1 aromatic heterocycles. The fourth-order valence-electron chi connectivity index (χ4n) is 2.78. The van der Waals surface area contributed by atoms with Crippen LogP contribution in [-0.2, 0) is 18.3 Å². The average molecular weight is 379 g/mol. The van der Waals surface area contributed by atoms with Gasteiger partial charge in [0.1, 0.15) is 11.6 Å². The summed E-state index contributed by atoms with van der Waals surface area (Å²) in [6.07, 6.45) is 0.552. The first-order valence-electron chi connectivity index (χ1n) is 7.34. The van der Waals surface area contributed by atoms with E-state index < -0.39 is 6.10 Å². The highest BCUT2D eigenvalue weighted by Crippen LogP contribution is 2.16. The molecule has 1 fully saturated rings. The van der Waals surface area contributed by atoms with Crippen LogP contribution in [0.25, 0.3) is 11.0 Å². The summed E-state index contributed by atoms with van der Waals surface area (Å²) in [6.45, 7) is 0.904. The molecule has 0 spiro atoms. The predicted octanol–water partition coefficient (Wildman–Crippen LogP) is 0.938. The summed E-state index contributed by atoms with van der Waals surface area (Å²) < 4.78 is 15.1. The quantitative estimate of drug-likeness (QED) is 0.739. The zero-order valence-electron chi connectivity index (χ0n) is 13.2. The van der Waals surface area contributed by atoms with Crippen LogP contribution in [0.4, 0.5) is 4.39 Å². The minimum absolute atomic E-state index is 0. The molecular weight excluding hydrogens is 358 g/mol. The number of aliphatic hydroxyl groups is 1. The van der Waals surface area contributed by atoms with Crippen LogP contribution in [0.3, 0.4) is 0 Å². The number of carbonyl (C=O) groups is 1. The molecule has 1 saturated heterocycles. The molecular formula is C15H21Cl2FN4O2. The molecule has 24 heavy (non-hydrogen) atoms. The highest BCUT2D eigenvalue weighted by Gasteiger charge is 2.27. The van der Waals surface area contributed by atoms with Gasteiger partial charge in [0.15, 0.2) is 0 Å². The molecule has 2 atom stereocenters. The Morgan fingerprint density at radius 3 is 2.92 bits per heavy atom. The van der Waals surface area contributed by atoms with Gasteiger partial charge >= 0.3 is 0 Å². The van der Waals surface area contributed by atoms with Crippen LogP contribution in [0.2, 0.25) is 0 Å². The summed E-state index contributed by atoms with van der Waals surface area (Å²) in [5, 5.41) is 15.2. The maximum absolute atomic E-state index is 13.2. The van der Waals surface area contributed by atoms with Gasteiger partial charge in [-0.3, -0.25) is 4.79 Å². The van der Waals surface area contributed by atoms with E-state index in [2.05, 4.69) is 15.6 Å². The number of nitrogens with one attached hydrogen (secondary N) is 2. The second-order valence-electron chi connectivity index (χ2n) is 5.61. The molecule has 3 N–H and O–H groups in total. The van der Waals surface area contributed by atoms with E-state index in [1.165, 1.54) is 12.1 Å². The number of aryl methyl sites for hydroxylation is 1. The molecule has 2 aromatic rings. The molecule has 134 valence electrons. The summed E-state index contributed by atoms with van der Waals surface area (Å²) in [5.41, 5.74) is 1.48. The SMILES string of the molecule is Cl.Cl.Cn1c(CCNC(=O)C2CC(O)CN2)nc2cc(F)ccc21. The summed E-state index contributed by atoms with van der Waals surface area (Å²) in [5.74, 6) is 0.373. The smallest absolute Gasteiger partial charge is 0.237 e. The standard InChI is InChI=1S/C15H19FN4O2.2ClH/c1-20-13-3-2-9(16)6-11(13)19-14(20)4-5-17-15(22)12-7-10(21)8-18-12;;/h2-3,6,10,12,18,21H,4-5,7-8H2,1H3,(H,17,22);2*1H. The average Bonchev–Trinajstić information content (AvgIpc) is 3.04. The van der Waals surface area contributed by atoms with Crippen LogP contribution in [0.1, 0.15) is 12.2 Å². The third-order valence-corrected chi connectivity index (χ3v) is 4.01. The van der Waals surface area contributed by atoms with Gasteiger partial charge in [-0.1, -0.05) is 0 Å². The molecule has 0 aliphatic carbocycles. The first kappa shape index (κ1) is 20.6. The summed E-state index contributed by atoms with van der Waals surface area (Å²) >= 11 is 0. The van der Waals surface area contributed by atoms with Crippen molar-refractivity contribution in [2.75, 3.05) is 13.1 Å². The minimum atomic E-state index is -0.453. The van der Waals surface area contributed by atoms with Gasteiger partial charge in [0.05, 0.1) is 23.2 Å². The normalized spacial score (nSPS) is 19.6. The first-order chi connectivity index (χ1) is 10.5. The van der Waals surface area contributed by atoms with Crippen LogP contribution in [0.15, 0.2) is 18.2 Å². The van der Waals surface area contributed by atoms with Crippen molar-refractivity contribution in [2.45, 2.75) is 25.0 Å². The van der Waals surface area contributed by atoms with Crippen molar-refractivity contribution in [1.29, 1.82) is 0 Å². The van der Waals surface area contributed by atoms with Crippen molar-refractivity contribution in [3.05, 3.63) is 29.8 Å². The summed E-state index contributed by atoms with van der Waals surface area (Å²) in [4.78, 5) is 16.3. The van der Waals surface area contributed by atoms with Crippen molar-refractivity contribution in [3.63, 3.8) is 0 Å². The number of fused-ring (bicyclic) bond motifs is 1. The van der Waals surface area contributed by atoms with E-state index in [1.807, 2.05) is 11.6 Å². The number of hydrogen-bond acceptors (Lipinski definition) is 4. The lowest BCUT2D eigenvalue weighted by molar-refractivity contribution is -0.122. The Balaban J connectivity index is 0.00000144. The van der Waals surface area contributed by atoms with E-state index >= 15 is 0 Å². The third-order valence-electron chi connectivity index (χ3n) is 4.01. The Morgan fingerprint density at radius 1 is 1.50 bits per heavy atom. The molecule has 2 heterocycles. The van der Waals surface area contributed by atoms with E-state index in [0.717, 1.165) is 11.3 Å². The van der Waals surface area contributed by atoms with Crippen LogP contribution >= 0.6 is 24.8 Å². The second kappa shape index (κ2) is 8.62. The van der Waals surface area contributed by atoms with Crippen LogP contribution < -0.4 is 10.6 Å².